The molecule has 0 aromatic heterocycles. The van der Waals surface area contributed by atoms with Gasteiger partial charge in [-0.25, -0.2) is 0 Å². The summed E-state index contributed by atoms with van der Waals surface area (Å²) in [4.78, 5) is 14.5. The number of thioether (sulfide) groups is 1. The van der Waals surface area contributed by atoms with E-state index >= 15 is 0 Å². The summed E-state index contributed by atoms with van der Waals surface area (Å²) < 4.78 is 6.29. The van der Waals surface area contributed by atoms with Crippen molar-refractivity contribution in [3.63, 3.8) is 0 Å². The van der Waals surface area contributed by atoms with Gasteiger partial charge in [0.1, 0.15) is 5.75 Å². The third-order valence-electron chi connectivity index (χ3n) is 4.87. The van der Waals surface area contributed by atoms with Crippen molar-refractivity contribution in [2.75, 3.05) is 7.11 Å². The maximum absolute atomic E-state index is 12.8. The minimum Gasteiger partial charge on any atom is -0.496 e. The first-order chi connectivity index (χ1) is 14.6. The summed E-state index contributed by atoms with van der Waals surface area (Å²) in [6.07, 6.45) is 1.64. The van der Waals surface area contributed by atoms with Crippen LogP contribution in [0.5, 0.6) is 5.75 Å². The summed E-state index contributed by atoms with van der Waals surface area (Å²) in [5.41, 5.74) is 1.89. The van der Waals surface area contributed by atoms with Gasteiger partial charge in [0.2, 0.25) is 5.91 Å². The van der Waals surface area contributed by atoms with Crippen molar-refractivity contribution in [1.82, 2.24) is 4.90 Å². The molecule has 4 rings (SSSR count). The quantitative estimate of drug-likeness (QED) is 0.358. The largest absolute Gasteiger partial charge is 0.496 e. The highest BCUT2D eigenvalue weighted by atomic mass is 79.9. The number of hydrogen-bond acceptors (Lipinski definition) is 5. The number of hydrogen-bond donors (Lipinski definition) is 0. The number of methoxy groups -OCH3 is 1. The molecule has 1 aliphatic heterocycles. The van der Waals surface area contributed by atoms with E-state index in [1.165, 1.54) is 11.8 Å². The van der Waals surface area contributed by atoms with Crippen LogP contribution in [0, 0.1) is 0 Å². The average molecular weight is 482 g/mol. The van der Waals surface area contributed by atoms with Gasteiger partial charge in [-0.1, -0.05) is 70.2 Å². The first-order valence-corrected chi connectivity index (χ1v) is 11.1. The Balaban J connectivity index is 1.62. The Morgan fingerprint density at radius 1 is 1.17 bits per heavy atom. The summed E-state index contributed by atoms with van der Waals surface area (Å²) in [6, 6.07) is 20.0. The Morgan fingerprint density at radius 3 is 2.80 bits per heavy atom. The Hall–Kier alpha value is -2.64. The highest BCUT2D eigenvalue weighted by Crippen LogP contribution is 2.30. The van der Waals surface area contributed by atoms with E-state index in [-0.39, 0.29) is 11.2 Å². The normalized spacial score (nSPS) is 18.1. The van der Waals surface area contributed by atoms with Crippen LogP contribution in [0.25, 0.3) is 10.8 Å². The number of amides is 1. The maximum atomic E-state index is 12.8. The molecular weight excluding hydrogens is 462 g/mol. The van der Waals surface area contributed by atoms with Crippen LogP contribution in [0.1, 0.15) is 18.1 Å². The average Bonchev–Trinajstić information content (AvgIpc) is 3.02. The Bertz CT molecular complexity index is 1160. The van der Waals surface area contributed by atoms with Crippen LogP contribution in [0.2, 0.25) is 0 Å². The molecule has 0 N–H and O–H groups in total. The van der Waals surface area contributed by atoms with Crippen LogP contribution in [-0.2, 0) is 11.3 Å². The molecule has 1 amide bonds. The van der Waals surface area contributed by atoms with Gasteiger partial charge in [0, 0.05) is 10.0 Å². The van der Waals surface area contributed by atoms with Crippen molar-refractivity contribution >= 4 is 55.8 Å². The van der Waals surface area contributed by atoms with Crippen molar-refractivity contribution < 1.29 is 9.53 Å². The second-order valence-electron chi connectivity index (χ2n) is 6.84. The fourth-order valence-electron chi connectivity index (χ4n) is 3.36. The lowest BCUT2D eigenvalue weighted by atomic mass is 10.0. The first kappa shape index (κ1) is 20.6. The standard InChI is InChI=1S/C23H20BrN3O2S/c1-15-22(28)27(14-17-8-5-7-16-6-3-4-9-20(16)17)23(30-15)26-25-13-18-12-19(24)10-11-21(18)29-2/h3-13,15H,14H2,1-2H3/b25-13-,26-23+/t15-/m1/s1. The molecule has 5 nitrogen and oxygen atoms in total. The van der Waals surface area contributed by atoms with Gasteiger partial charge < -0.3 is 4.74 Å². The molecule has 0 saturated carbocycles. The molecule has 152 valence electrons. The van der Waals surface area contributed by atoms with Crippen LogP contribution in [0.4, 0.5) is 0 Å². The van der Waals surface area contributed by atoms with Gasteiger partial charge in [-0.3, -0.25) is 9.69 Å². The lowest BCUT2D eigenvalue weighted by Gasteiger charge is -2.17. The fraction of sp³-hybridized carbons (Fsp3) is 0.174. The molecule has 0 radical (unpaired) electrons. The third-order valence-corrected chi connectivity index (χ3v) is 6.43. The smallest absolute Gasteiger partial charge is 0.242 e. The topological polar surface area (TPSA) is 54.3 Å². The van der Waals surface area contributed by atoms with E-state index in [0.29, 0.717) is 17.5 Å². The van der Waals surface area contributed by atoms with E-state index in [9.17, 15) is 4.79 Å². The van der Waals surface area contributed by atoms with Crippen molar-refractivity contribution in [2.45, 2.75) is 18.7 Å². The van der Waals surface area contributed by atoms with Crippen LogP contribution >= 0.6 is 27.7 Å². The number of nitrogens with zero attached hydrogens (tertiary/aromatic N) is 3. The third kappa shape index (κ3) is 4.27. The van der Waals surface area contributed by atoms with E-state index in [1.54, 1.807) is 18.2 Å². The summed E-state index contributed by atoms with van der Waals surface area (Å²) in [7, 11) is 1.62. The van der Waals surface area contributed by atoms with Crippen LogP contribution < -0.4 is 4.74 Å². The number of carbonyl (C=O) groups excluding carboxylic acids is 1. The lowest BCUT2D eigenvalue weighted by molar-refractivity contribution is -0.126. The molecule has 1 aliphatic rings. The molecule has 1 atom stereocenters. The molecule has 1 saturated heterocycles. The predicted molar refractivity (Wildman–Crippen MR) is 127 cm³/mol. The molecule has 1 fully saturated rings. The molecule has 0 bridgehead atoms. The van der Waals surface area contributed by atoms with Gasteiger partial charge in [0.05, 0.1) is 25.1 Å². The number of ether oxygens (including phenoxy) is 1. The van der Waals surface area contributed by atoms with E-state index in [0.717, 1.165) is 26.4 Å². The Kier molecular flexibility index (Phi) is 6.20. The number of fused-ring (bicyclic) bond motifs is 1. The molecule has 7 heteroatoms. The van der Waals surface area contributed by atoms with Crippen LogP contribution in [-0.4, -0.2) is 34.5 Å². The number of benzene rings is 3. The molecular formula is C23H20BrN3O2S. The fourth-order valence-corrected chi connectivity index (χ4v) is 4.66. The van der Waals surface area contributed by atoms with E-state index in [4.69, 9.17) is 4.74 Å². The van der Waals surface area contributed by atoms with E-state index in [1.807, 2.05) is 43.3 Å². The van der Waals surface area contributed by atoms with Gasteiger partial charge in [0.25, 0.3) is 0 Å². The predicted octanol–water partition coefficient (Wildman–Crippen LogP) is 5.46. The summed E-state index contributed by atoms with van der Waals surface area (Å²) in [6.45, 7) is 2.36. The highest BCUT2D eigenvalue weighted by molar-refractivity contribution is 9.10. The van der Waals surface area contributed by atoms with Gasteiger partial charge in [-0.2, -0.15) is 5.10 Å². The summed E-state index contributed by atoms with van der Waals surface area (Å²) in [5.74, 6) is 0.750. The molecule has 0 spiro atoms. The molecule has 0 aliphatic carbocycles. The number of carbonyl (C=O) groups is 1. The van der Waals surface area contributed by atoms with Crippen molar-refractivity contribution in [1.29, 1.82) is 0 Å². The zero-order valence-corrected chi connectivity index (χ0v) is 19.0. The van der Waals surface area contributed by atoms with Gasteiger partial charge >= 0.3 is 0 Å². The lowest BCUT2D eigenvalue weighted by Crippen LogP contribution is -2.30. The summed E-state index contributed by atoms with van der Waals surface area (Å²) in [5, 5.41) is 11.3. The highest BCUT2D eigenvalue weighted by Gasteiger charge is 2.35. The second kappa shape index (κ2) is 9.02. The van der Waals surface area contributed by atoms with E-state index < -0.39 is 0 Å². The summed E-state index contributed by atoms with van der Waals surface area (Å²) >= 11 is 4.88. The zero-order valence-electron chi connectivity index (χ0n) is 16.6. The zero-order chi connectivity index (χ0) is 21.1. The van der Waals surface area contributed by atoms with E-state index in [2.05, 4.69) is 50.4 Å². The SMILES string of the molecule is COc1ccc(Br)cc1/C=N\N=C1\S[C@H](C)C(=O)N1Cc1cccc2ccccc12. The van der Waals surface area contributed by atoms with Crippen molar-refractivity contribution in [3.05, 3.63) is 76.3 Å². The molecule has 3 aromatic carbocycles. The number of rotatable bonds is 5. The minimum atomic E-state index is -0.186. The maximum Gasteiger partial charge on any atom is 0.242 e. The Labute approximate surface area is 188 Å². The minimum absolute atomic E-state index is 0.0434. The number of amidine groups is 1. The van der Waals surface area contributed by atoms with Crippen molar-refractivity contribution in [3.8, 4) is 5.75 Å². The Morgan fingerprint density at radius 2 is 1.97 bits per heavy atom. The first-order valence-electron chi connectivity index (χ1n) is 9.46. The number of halogens is 1. The second-order valence-corrected chi connectivity index (χ2v) is 9.06. The molecule has 30 heavy (non-hydrogen) atoms. The van der Waals surface area contributed by atoms with Gasteiger partial charge in [-0.15, -0.1) is 5.10 Å². The van der Waals surface area contributed by atoms with Crippen LogP contribution in [0.15, 0.2) is 75.3 Å². The molecule has 3 aromatic rings. The monoisotopic (exact) mass is 481 g/mol. The molecule has 0 unspecified atom stereocenters. The van der Waals surface area contributed by atoms with Gasteiger partial charge in [-0.05, 0) is 41.5 Å². The van der Waals surface area contributed by atoms with Gasteiger partial charge in [0.15, 0.2) is 5.17 Å². The van der Waals surface area contributed by atoms with Crippen molar-refractivity contribution in [2.24, 2.45) is 10.2 Å². The molecule has 1 heterocycles. The van der Waals surface area contributed by atoms with Crippen LogP contribution in [0.3, 0.4) is 0 Å².